The van der Waals surface area contributed by atoms with Gasteiger partial charge in [-0.3, -0.25) is 9.89 Å². The van der Waals surface area contributed by atoms with Gasteiger partial charge in [0, 0.05) is 5.56 Å². The molecule has 9 heteroatoms. The molecule has 8 nitrogen and oxygen atoms in total. The number of carbonyl (C=O) groups is 1. The van der Waals surface area contributed by atoms with Crippen molar-refractivity contribution in [3.05, 3.63) is 64.8 Å². The highest BCUT2D eigenvalue weighted by Gasteiger charge is 2.32. The van der Waals surface area contributed by atoms with Gasteiger partial charge in [0.25, 0.3) is 6.47 Å². The summed E-state index contributed by atoms with van der Waals surface area (Å²) >= 11 is 6.24. The standard InChI is InChI=1S/C25H20ClN5O3/c1-2-16-8-17(33-14-32)4-5-19(16)22-9-23-20(11-28-30-23)25(29-22)31-12-18(13-31)34-24-7-15(10-27)3-6-21(24)26/h3-9,11,14,18H,2,12-13H2,1H3,(H,28,30). The van der Waals surface area contributed by atoms with E-state index in [9.17, 15) is 4.79 Å². The fourth-order valence-electron chi connectivity index (χ4n) is 4.08. The number of H-pyrrole nitrogens is 1. The van der Waals surface area contributed by atoms with Crippen molar-refractivity contribution in [2.45, 2.75) is 19.4 Å². The Morgan fingerprint density at radius 2 is 2.12 bits per heavy atom. The summed E-state index contributed by atoms with van der Waals surface area (Å²) in [6.45, 7) is 3.71. The average Bonchev–Trinajstić information content (AvgIpc) is 3.31. The van der Waals surface area contributed by atoms with Gasteiger partial charge in [0.2, 0.25) is 0 Å². The summed E-state index contributed by atoms with van der Waals surface area (Å²) in [4.78, 5) is 17.8. The van der Waals surface area contributed by atoms with Gasteiger partial charge >= 0.3 is 0 Å². The molecule has 0 spiro atoms. The number of carbonyl (C=O) groups excluding carboxylic acids is 1. The van der Waals surface area contributed by atoms with Crippen LogP contribution in [0, 0.1) is 11.3 Å². The summed E-state index contributed by atoms with van der Waals surface area (Å²) in [7, 11) is 0. The maximum atomic E-state index is 10.7. The lowest BCUT2D eigenvalue weighted by atomic mass is 10.0. The molecule has 3 heterocycles. The minimum absolute atomic E-state index is 0.0789. The molecule has 1 saturated heterocycles. The maximum absolute atomic E-state index is 10.7. The highest BCUT2D eigenvalue weighted by atomic mass is 35.5. The second-order valence-electron chi connectivity index (χ2n) is 7.95. The van der Waals surface area contributed by atoms with Crippen LogP contribution < -0.4 is 14.4 Å². The van der Waals surface area contributed by atoms with Gasteiger partial charge in [0.1, 0.15) is 23.4 Å². The van der Waals surface area contributed by atoms with Gasteiger partial charge in [-0.15, -0.1) is 0 Å². The summed E-state index contributed by atoms with van der Waals surface area (Å²) in [6, 6.07) is 14.6. The average molecular weight is 474 g/mol. The van der Waals surface area contributed by atoms with Gasteiger partial charge in [-0.2, -0.15) is 10.4 Å². The normalized spacial score (nSPS) is 13.4. The minimum atomic E-state index is -0.0789. The van der Waals surface area contributed by atoms with Crippen LogP contribution >= 0.6 is 11.6 Å². The monoisotopic (exact) mass is 473 g/mol. The van der Waals surface area contributed by atoms with Crippen LogP contribution in [0.2, 0.25) is 5.02 Å². The van der Waals surface area contributed by atoms with E-state index in [4.69, 9.17) is 31.3 Å². The van der Waals surface area contributed by atoms with Crippen molar-refractivity contribution in [3.63, 3.8) is 0 Å². The number of anilines is 1. The van der Waals surface area contributed by atoms with Gasteiger partial charge in [-0.05, 0) is 54.4 Å². The topological polar surface area (TPSA) is 104 Å². The Kier molecular flexibility index (Phi) is 5.78. The van der Waals surface area contributed by atoms with Crippen LogP contribution in [0.25, 0.3) is 22.2 Å². The van der Waals surface area contributed by atoms with Crippen LogP contribution in [0.3, 0.4) is 0 Å². The van der Waals surface area contributed by atoms with Crippen LogP contribution in [0.15, 0.2) is 48.7 Å². The largest absolute Gasteiger partial charge is 0.485 e. The van der Waals surface area contributed by atoms with Crippen molar-refractivity contribution >= 4 is 34.8 Å². The van der Waals surface area contributed by atoms with Crippen LogP contribution in [-0.4, -0.2) is 40.8 Å². The lowest BCUT2D eigenvalue weighted by Crippen LogP contribution is -2.54. The number of fused-ring (bicyclic) bond motifs is 1. The number of aromatic nitrogens is 3. The van der Waals surface area contributed by atoms with E-state index in [1.807, 2.05) is 25.1 Å². The molecular weight excluding hydrogens is 454 g/mol. The van der Waals surface area contributed by atoms with E-state index in [0.29, 0.717) is 41.6 Å². The number of rotatable bonds is 7. The van der Waals surface area contributed by atoms with Crippen LogP contribution in [-0.2, 0) is 11.2 Å². The Balaban J connectivity index is 1.42. The summed E-state index contributed by atoms with van der Waals surface area (Å²) in [5, 5.41) is 17.8. The SMILES string of the molecule is CCc1cc(OC=O)ccc1-c1cc2[nH]ncc2c(N2CC(Oc3cc(C#N)ccc3Cl)C2)n1. The summed E-state index contributed by atoms with van der Waals surface area (Å²) in [5.41, 5.74) is 4.17. The first-order valence-corrected chi connectivity index (χ1v) is 11.2. The fraction of sp³-hybridized carbons (Fsp3) is 0.200. The number of nitrogens with zero attached hydrogens (tertiary/aromatic N) is 4. The molecule has 0 saturated carbocycles. The number of nitrogens with one attached hydrogen (secondary N) is 1. The number of benzene rings is 2. The molecule has 4 aromatic rings. The van der Waals surface area contributed by atoms with Crippen LogP contribution in [0.4, 0.5) is 5.82 Å². The molecule has 1 aliphatic rings. The van der Waals surface area contributed by atoms with E-state index in [0.717, 1.165) is 40.0 Å². The smallest absolute Gasteiger partial charge is 0.298 e. The van der Waals surface area contributed by atoms with Gasteiger partial charge < -0.3 is 14.4 Å². The first-order chi connectivity index (χ1) is 16.6. The number of hydrogen-bond donors (Lipinski definition) is 1. The van der Waals surface area contributed by atoms with E-state index in [-0.39, 0.29) is 6.10 Å². The molecular formula is C25H20ClN5O3. The Labute approximate surface area is 200 Å². The Morgan fingerprint density at radius 3 is 2.88 bits per heavy atom. The van der Waals surface area contributed by atoms with E-state index in [2.05, 4.69) is 21.2 Å². The number of aromatic amines is 1. The lowest BCUT2D eigenvalue weighted by molar-refractivity contribution is -0.120. The summed E-state index contributed by atoms with van der Waals surface area (Å²) in [5.74, 6) is 1.82. The molecule has 0 atom stereocenters. The third-order valence-electron chi connectivity index (χ3n) is 5.84. The molecule has 1 N–H and O–H groups in total. The van der Waals surface area contributed by atoms with Crippen LogP contribution in [0.1, 0.15) is 18.1 Å². The quantitative estimate of drug-likeness (QED) is 0.393. The van der Waals surface area contributed by atoms with Crippen molar-refractivity contribution in [1.29, 1.82) is 5.26 Å². The molecule has 5 rings (SSSR count). The van der Waals surface area contributed by atoms with E-state index >= 15 is 0 Å². The molecule has 0 amide bonds. The van der Waals surface area contributed by atoms with Crippen molar-refractivity contribution in [2.75, 3.05) is 18.0 Å². The molecule has 0 radical (unpaired) electrons. The molecule has 0 aliphatic carbocycles. The molecule has 34 heavy (non-hydrogen) atoms. The van der Waals surface area contributed by atoms with Crippen LogP contribution in [0.5, 0.6) is 11.5 Å². The molecule has 1 fully saturated rings. The molecule has 0 unspecified atom stereocenters. The van der Waals surface area contributed by atoms with E-state index in [1.165, 1.54) is 0 Å². The van der Waals surface area contributed by atoms with Crippen molar-refractivity contribution < 1.29 is 14.3 Å². The highest BCUT2D eigenvalue weighted by Crippen LogP contribution is 2.35. The van der Waals surface area contributed by atoms with Gasteiger partial charge in [-0.1, -0.05) is 18.5 Å². The van der Waals surface area contributed by atoms with Gasteiger partial charge in [-0.25, -0.2) is 4.98 Å². The number of ether oxygens (including phenoxy) is 2. The molecule has 2 aromatic heterocycles. The lowest BCUT2D eigenvalue weighted by Gasteiger charge is -2.40. The Bertz CT molecular complexity index is 1420. The third-order valence-corrected chi connectivity index (χ3v) is 6.15. The van der Waals surface area contributed by atoms with Crippen molar-refractivity contribution in [2.24, 2.45) is 0 Å². The fourth-order valence-corrected chi connectivity index (χ4v) is 4.24. The predicted octanol–water partition coefficient (Wildman–Crippen LogP) is 4.52. The Morgan fingerprint density at radius 1 is 1.26 bits per heavy atom. The van der Waals surface area contributed by atoms with E-state index < -0.39 is 0 Å². The number of aryl methyl sites for hydroxylation is 1. The first-order valence-electron chi connectivity index (χ1n) is 10.8. The van der Waals surface area contributed by atoms with Crippen molar-refractivity contribution in [3.8, 4) is 28.8 Å². The second kappa shape index (κ2) is 9.04. The molecule has 2 aromatic carbocycles. The number of nitriles is 1. The minimum Gasteiger partial charge on any atom is -0.485 e. The predicted molar refractivity (Wildman–Crippen MR) is 128 cm³/mol. The molecule has 0 bridgehead atoms. The summed E-state index contributed by atoms with van der Waals surface area (Å²) < 4.78 is 11.0. The zero-order valence-electron chi connectivity index (χ0n) is 18.3. The van der Waals surface area contributed by atoms with E-state index in [1.54, 1.807) is 30.5 Å². The Hall–Kier alpha value is -4.09. The number of halogens is 1. The summed E-state index contributed by atoms with van der Waals surface area (Å²) in [6.07, 6.45) is 2.45. The molecule has 1 aliphatic heterocycles. The number of hydrogen-bond acceptors (Lipinski definition) is 7. The van der Waals surface area contributed by atoms with Gasteiger partial charge in [0.05, 0.1) is 52.5 Å². The van der Waals surface area contributed by atoms with Gasteiger partial charge in [0.15, 0.2) is 0 Å². The van der Waals surface area contributed by atoms with Crippen molar-refractivity contribution in [1.82, 2.24) is 15.2 Å². The zero-order valence-corrected chi connectivity index (χ0v) is 19.0. The maximum Gasteiger partial charge on any atom is 0.298 e. The second-order valence-corrected chi connectivity index (χ2v) is 8.36. The highest BCUT2D eigenvalue weighted by molar-refractivity contribution is 6.32. The zero-order chi connectivity index (χ0) is 23.7. The number of pyridine rings is 1. The third kappa shape index (κ3) is 4.02. The first kappa shape index (κ1) is 21.7. The molecule has 170 valence electrons.